The van der Waals surface area contributed by atoms with E-state index >= 15 is 0 Å². The maximum Gasteiger partial charge on any atom is 0.298 e. The van der Waals surface area contributed by atoms with Crippen LogP contribution in [0.3, 0.4) is 0 Å². The Kier molecular flexibility index (Phi) is 6.52. The molecule has 0 aromatic rings. The van der Waals surface area contributed by atoms with Crippen molar-refractivity contribution >= 4 is 11.6 Å². The molecular formula is C27H46ClNO2. The Morgan fingerprint density at radius 1 is 0.968 bits per heavy atom. The van der Waals surface area contributed by atoms with E-state index in [-0.39, 0.29) is 21.7 Å². The topological polar surface area (TPSA) is 43.1 Å². The number of fused-ring (bicyclic) bond motifs is 5. The highest BCUT2D eigenvalue weighted by molar-refractivity contribution is 6.23. The van der Waals surface area contributed by atoms with Crippen LogP contribution in [0.1, 0.15) is 112 Å². The number of nitro groups is 1. The first-order chi connectivity index (χ1) is 14.5. The predicted molar refractivity (Wildman–Crippen MR) is 129 cm³/mol. The van der Waals surface area contributed by atoms with E-state index in [4.69, 9.17) is 11.6 Å². The van der Waals surface area contributed by atoms with Crippen molar-refractivity contribution in [2.24, 2.45) is 52.3 Å². The summed E-state index contributed by atoms with van der Waals surface area (Å²) in [5.41, 5.74) is 0.492. The predicted octanol–water partition coefficient (Wildman–Crippen LogP) is 8.32. The molecule has 0 saturated heterocycles. The van der Waals surface area contributed by atoms with E-state index in [1.54, 1.807) is 0 Å². The number of hydrogen-bond acceptors (Lipinski definition) is 2. The van der Waals surface area contributed by atoms with Gasteiger partial charge in [0.25, 0.3) is 5.00 Å². The largest absolute Gasteiger partial charge is 0.298 e. The lowest BCUT2D eigenvalue weighted by molar-refractivity contribution is -0.568. The van der Waals surface area contributed by atoms with Gasteiger partial charge in [0, 0.05) is 11.3 Å². The molecule has 4 aliphatic carbocycles. The van der Waals surface area contributed by atoms with Gasteiger partial charge >= 0.3 is 0 Å². The van der Waals surface area contributed by atoms with Crippen LogP contribution in [0.25, 0.3) is 0 Å². The van der Waals surface area contributed by atoms with Crippen LogP contribution in [0, 0.1) is 62.4 Å². The standard InChI is InChI=1S/C27H46ClNO2/c1-18(2)9-8-10-19(3)21-12-13-22-24-23(14-16-26(21,22)5)25(4)15-7-6-11-20(25)17-27(24,28)29(30)31/h18-24H,6-17H2,1-5H3/t19-,20-,21?,22?,23?,24?,25?,26?,27+/m1/s1. The van der Waals surface area contributed by atoms with Crippen molar-refractivity contribution in [1.29, 1.82) is 0 Å². The minimum absolute atomic E-state index is 0.0501. The number of hydrogen-bond donors (Lipinski definition) is 0. The number of alkyl halides is 1. The highest BCUT2D eigenvalue weighted by Gasteiger charge is 2.70. The number of rotatable bonds is 6. The minimum atomic E-state index is -1.24. The first-order valence-corrected chi connectivity index (χ1v) is 13.7. The molecule has 4 aliphatic rings. The van der Waals surface area contributed by atoms with Gasteiger partial charge in [-0.2, -0.15) is 0 Å². The van der Waals surface area contributed by atoms with Gasteiger partial charge in [-0.05, 0) is 96.5 Å². The van der Waals surface area contributed by atoms with Gasteiger partial charge in [-0.25, -0.2) is 0 Å². The van der Waals surface area contributed by atoms with Gasteiger partial charge < -0.3 is 0 Å². The third-order valence-electron chi connectivity index (χ3n) is 11.1. The minimum Gasteiger partial charge on any atom is -0.263 e. The third-order valence-corrected chi connectivity index (χ3v) is 11.7. The normalized spacial score (nSPS) is 48.0. The zero-order valence-corrected chi connectivity index (χ0v) is 21.4. The second-order valence-corrected chi connectivity index (χ2v) is 13.7. The molecule has 31 heavy (non-hydrogen) atoms. The van der Waals surface area contributed by atoms with Crippen LogP contribution in [-0.4, -0.2) is 9.92 Å². The second-order valence-electron chi connectivity index (χ2n) is 13.0. The van der Waals surface area contributed by atoms with Crippen molar-refractivity contribution in [3.05, 3.63) is 10.1 Å². The Morgan fingerprint density at radius 2 is 1.68 bits per heavy atom. The van der Waals surface area contributed by atoms with Gasteiger partial charge in [-0.15, -0.1) is 0 Å². The van der Waals surface area contributed by atoms with E-state index in [9.17, 15) is 10.1 Å². The summed E-state index contributed by atoms with van der Waals surface area (Å²) in [4.78, 5) is 11.2. The molecule has 6 unspecified atom stereocenters. The molecule has 0 aromatic heterocycles. The maximum absolute atomic E-state index is 12.5. The van der Waals surface area contributed by atoms with Crippen LogP contribution in [0.15, 0.2) is 0 Å². The fraction of sp³-hybridized carbons (Fsp3) is 1.00. The lowest BCUT2D eigenvalue weighted by Crippen LogP contribution is -2.63. The molecule has 0 bridgehead atoms. The van der Waals surface area contributed by atoms with Crippen molar-refractivity contribution in [2.75, 3.05) is 0 Å². The number of halogens is 1. The van der Waals surface area contributed by atoms with Gasteiger partial charge in [-0.3, -0.25) is 10.1 Å². The Morgan fingerprint density at radius 3 is 2.35 bits per heavy atom. The van der Waals surface area contributed by atoms with Crippen LogP contribution in [0.2, 0.25) is 0 Å². The molecule has 0 spiro atoms. The molecule has 4 saturated carbocycles. The van der Waals surface area contributed by atoms with E-state index in [0.29, 0.717) is 36.0 Å². The van der Waals surface area contributed by atoms with Gasteiger partial charge in [0.1, 0.15) is 0 Å². The monoisotopic (exact) mass is 451 g/mol. The molecule has 0 radical (unpaired) electrons. The van der Waals surface area contributed by atoms with E-state index < -0.39 is 5.00 Å². The molecule has 4 rings (SSSR count). The fourth-order valence-corrected chi connectivity index (χ4v) is 9.94. The Labute approximate surface area is 195 Å². The summed E-state index contributed by atoms with van der Waals surface area (Å²) in [5.74, 6) is 3.53. The summed E-state index contributed by atoms with van der Waals surface area (Å²) in [7, 11) is 0. The Hall–Kier alpha value is -0.310. The van der Waals surface area contributed by atoms with Gasteiger partial charge in [0.05, 0.1) is 5.92 Å². The van der Waals surface area contributed by atoms with Crippen LogP contribution < -0.4 is 0 Å². The summed E-state index contributed by atoms with van der Waals surface area (Å²) < 4.78 is 0. The lowest BCUT2D eigenvalue weighted by atomic mass is 9.43. The van der Waals surface area contributed by atoms with Gasteiger partial charge in [0.2, 0.25) is 0 Å². The van der Waals surface area contributed by atoms with Crippen molar-refractivity contribution in [3.8, 4) is 0 Å². The molecule has 178 valence electrons. The van der Waals surface area contributed by atoms with E-state index in [1.807, 2.05) is 0 Å². The average molecular weight is 452 g/mol. The summed E-state index contributed by atoms with van der Waals surface area (Å²) in [6, 6.07) is 0. The summed E-state index contributed by atoms with van der Waals surface area (Å²) in [5, 5.41) is 12.5. The van der Waals surface area contributed by atoms with Crippen molar-refractivity contribution < 1.29 is 4.92 Å². The Balaban J connectivity index is 1.62. The molecule has 4 fully saturated rings. The first-order valence-electron chi connectivity index (χ1n) is 13.4. The number of nitrogens with zero attached hydrogens (tertiary/aromatic N) is 1. The molecule has 0 aromatic carbocycles. The maximum atomic E-state index is 12.5. The molecule has 0 N–H and O–H groups in total. The zero-order chi connectivity index (χ0) is 22.6. The highest BCUT2D eigenvalue weighted by atomic mass is 35.5. The van der Waals surface area contributed by atoms with Gasteiger partial charge in [0.15, 0.2) is 0 Å². The van der Waals surface area contributed by atoms with Crippen molar-refractivity contribution in [3.63, 3.8) is 0 Å². The van der Waals surface area contributed by atoms with Crippen LogP contribution >= 0.6 is 11.6 Å². The highest BCUT2D eigenvalue weighted by Crippen LogP contribution is 2.71. The van der Waals surface area contributed by atoms with Crippen molar-refractivity contribution in [1.82, 2.24) is 0 Å². The van der Waals surface area contributed by atoms with E-state index in [0.717, 1.165) is 25.2 Å². The average Bonchev–Trinajstić information content (AvgIpc) is 3.05. The van der Waals surface area contributed by atoms with E-state index in [1.165, 1.54) is 51.4 Å². The van der Waals surface area contributed by atoms with Crippen molar-refractivity contribution in [2.45, 2.75) is 117 Å². The van der Waals surface area contributed by atoms with Crippen LogP contribution in [0.5, 0.6) is 0 Å². The van der Waals surface area contributed by atoms with Gasteiger partial charge in [-0.1, -0.05) is 66.7 Å². The quantitative estimate of drug-likeness (QED) is 0.176. The SMILES string of the molecule is CC(C)CCC[C@@H](C)C1CCC2C3C(CCC21C)C1(C)CCCC[C@@H]1C[C@]3(Cl)[N+](=O)[O-]. The molecule has 3 nitrogen and oxygen atoms in total. The summed E-state index contributed by atoms with van der Waals surface area (Å²) in [6.45, 7) is 12.1. The molecule has 4 heteroatoms. The smallest absolute Gasteiger partial charge is 0.263 e. The van der Waals surface area contributed by atoms with Crippen LogP contribution in [0.4, 0.5) is 0 Å². The molecule has 9 atom stereocenters. The molecule has 0 heterocycles. The summed E-state index contributed by atoms with van der Waals surface area (Å²) >= 11 is 7.14. The summed E-state index contributed by atoms with van der Waals surface area (Å²) in [6.07, 6.45) is 14.2. The fourth-order valence-electron chi connectivity index (χ4n) is 9.45. The second kappa shape index (κ2) is 8.48. The third kappa shape index (κ3) is 3.77. The lowest BCUT2D eigenvalue weighted by Gasteiger charge is -2.62. The first kappa shape index (κ1) is 23.8. The molecule has 0 aliphatic heterocycles. The molecule has 0 amide bonds. The van der Waals surface area contributed by atoms with E-state index in [2.05, 4.69) is 34.6 Å². The zero-order valence-electron chi connectivity index (χ0n) is 20.7. The van der Waals surface area contributed by atoms with Crippen LogP contribution in [-0.2, 0) is 0 Å². The molecular weight excluding hydrogens is 406 g/mol. The Bertz CT molecular complexity index is 682.